The molecule has 1 unspecified atom stereocenters. The van der Waals surface area contributed by atoms with Crippen molar-refractivity contribution in [2.24, 2.45) is 0 Å². The third-order valence-electron chi connectivity index (χ3n) is 4.64. The quantitative estimate of drug-likeness (QED) is 0.891. The smallest absolute Gasteiger partial charge is 0.124 e. The Morgan fingerprint density at radius 3 is 2.70 bits per heavy atom. The van der Waals surface area contributed by atoms with Crippen LogP contribution in [-0.2, 0) is 6.54 Å². The summed E-state index contributed by atoms with van der Waals surface area (Å²) in [5.41, 5.74) is 1.38. The van der Waals surface area contributed by atoms with Crippen molar-refractivity contribution in [3.63, 3.8) is 0 Å². The number of nitrogens with one attached hydrogen (secondary N) is 1. The maximum absolute atomic E-state index is 13.2. The molecule has 1 aliphatic rings. The first-order valence-electron chi connectivity index (χ1n) is 7.42. The monoisotopic (exact) mass is 342 g/mol. The Morgan fingerprint density at radius 2 is 2.10 bits per heavy atom. The summed E-state index contributed by atoms with van der Waals surface area (Å²) in [6, 6.07) is 5.47. The van der Waals surface area contributed by atoms with Crippen LogP contribution < -0.4 is 5.32 Å². The van der Waals surface area contributed by atoms with Gasteiger partial charge in [0.25, 0.3) is 0 Å². The molecule has 0 bridgehead atoms. The van der Waals surface area contributed by atoms with Crippen molar-refractivity contribution in [1.82, 2.24) is 10.2 Å². The summed E-state index contributed by atoms with van der Waals surface area (Å²) < 4.78 is 14.0. The van der Waals surface area contributed by atoms with Crippen molar-refractivity contribution in [2.45, 2.75) is 51.7 Å². The van der Waals surface area contributed by atoms with Crippen LogP contribution in [0.15, 0.2) is 22.7 Å². The second-order valence-corrected chi connectivity index (χ2v) is 6.71. The molecule has 1 aliphatic heterocycles. The van der Waals surface area contributed by atoms with Gasteiger partial charge >= 0.3 is 0 Å². The molecule has 0 amide bonds. The van der Waals surface area contributed by atoms with E-state index in [-0.39, 0.29) is 11.4 Å². The van der Waals surface area contributed by atoms with E-state index < -0.39 is 0 Å². The average molecular weight is 343 g/mol. The highest BCUT2D eigenvalue weighted by Crippen LogP contribution is 2.26. The van der Waals surface area contributed by atoms with E-state index in [4.69, 9.17) is 0 Å². The van der Waals surface area contributed by atoms with Gasteiger partial charge in [-0.3, -0.25) is 4.90 Å². The van der Waals surface area contributed by atoms with Crippen LogP contribution in [0.3, 0.4) is 0 Å². The molecular formula is C16H24BrFN2. The van der Waals surface area contributed by atoms with E-state index in [1.807, 2.05) is 6.07 Å². The molecule has 1 atom stereocenters. The molecule has 1 saturated heterocycles. The zero-order valence-electron chi connectivity index (χ0n) is 12.5. The van der Waals surface area contributed by atoms with Gasteiger partial charge < -0.3 is 5.32 Å². The molecule has 112 valence electrons. The van der Waals surface area contributed by atoms with Gasteiger partial charge in [0, 0.05) is 35.7 Å². The summed E-state index contributed by atoms with van der Waals surface area (Å²) in [6.07, 6.45) is 2.27. The molecule has 1 aromatic carbocycles. The minimum absolute atomic E-state index is 0.189. The van der Waals surface area contributed by atoms with Crippen molar-refractivity contribution in [3.05, 3.63) is 34.1 Å². The SMILES string of the molecule is CCC1(CC)CN(Cc2ccc(F)cc2Br)C(C)CN1. The lowest BCUT2D eigenvalue weighted by atomic mass is 9.88. The maximum Gasteiger partial charge on any atom is 0.124 e. The molecule has 0 spiro atoms. The fraction of sp³-hybridized carbons (Fsp3) is 0.625. The molecule has 1 heterocycles. The van der Waals surface area contributed by atoms with Gasteiger partial charge in [-0.15, -0.1) is 0 Å². The molecule has 20 heavy (non-hydrogen) atoms. The van der Waals surface area contributed by atoms with Gasteiger partial charge in [-0.2, -0.15) is 0 Å². The second-order valence-electron chi connectivity index (χ2n) is 5.86. The van der Waals surface area contributed by atoms with Gasteiger partial charge in [-0.05, 0) is 37.5 Å². The number of piperazine rings is 1. The number of rotatable bonds is 4. The van der Waals surface area contributed by atoms with Crippen LogP contribution in [0, 0.1) is 5.82 Å². The Kier molecular flexibility index (Phi) is 5.21. The number of benzene rings is 1. The standard InChI is InChI=1S/C16H24BrFN2/c1-4-16(5-2)11-20(12(3)9-19-16)10-13-6-7-14(18)8-15(13)17/h6-8,12,19H,4-5,9-11H2,1-3H3. The molecule has 0 aromatic heterocycles. The van der Waals surface area contributed by atoms with E-state index in [0.717, 1.165) is 42.5 Å². The fourth-order valence-electron chi connectivity index (χ4n) is 2.90. The normalized spacial score (nSPS) is 22.9. The number of hydrogen-bond donors (Lipinski definition) is 1. The maximum atomic E-state index is 13.2. The van der Waals surface area contributed by atoms with Gasteiger partial charge in [0.15, 0.2) is 0 Å². The molecule has 2 rings (SSSR count). The van der Waals surface area contributed by atoms with E-state index in [1.54, 1.807) is 12.1 Å². The molecule has 0 radical (unpaired) electrons. The first-order chi connectivity index (χ1) is 9.49. The van der Waals surface area contributed by atoms with E-state index in [0.29, 0.717) is 6.04 Å². The molecule has 1 N–H and O–H groups in total. The van der Waals surface area contributed by atoms with Gasteiger partial charge in [-0.1, -0.05) is 35.8 Å². The zero-order chi connectivity index (χ0) is 14.8. The predicted octanol–water partition coefficient (Wildman–Crippen LogP) is 3.94. The summed E-state index contributed by atoms with van der Waals surface area (Å²) in [5, 5.41) is 3.71. The molecular weight excluding hydrogens is 319 g/mol. The second kappa shape index (κ2) is 6.54. The highest BCUT2D eigenvalue weighted by atomic mass is 79.9. The Bertz CT molecular complexity index is 460. The van der Waals surface area contributed by atoms with Crippen molar-refractivity contribution < 1.29 is 4.39 Å². The minimum atomic E-state index is -0.189. The summed E-state index contributed by atoms with van der Waals surface area (Å²) in [6.45, 7) is 9.67. The Balaban J connectivity index is 2.14. The van der Waals surface area contributed by atoms with Crippen LogP contribution >= 0.6 is 15.9 Å². The van der Waals surface area contributed by atoms with Gasteiger partial charge in [0.2, 0.25) is 0 Å². The third-order valence-corrected chi connectivity index (χ3v) is 5.38. The molecule has 2 nitrogen and oxygen atoms in total. The first kappa shape index (κ1) is 15.9. The van der Waals surface area contributed by atoms with Crippen LogP contribution in [0.5, 0.6) is 0 Å². The van der Waals surface area contributed by atoms with Crippen LogP contribution in [0.1, 0.15) is 39.2 Å². The largest absolute Gasteiger partial charge is 0.308 e. The highest BCUT2D eigenvalue weighted by Gasteiger charge is 2.35. The molecule has 4 heteroatoms. The van der Waals surface area contributed by atoms with Gasteiger partial charge in [0.05, 0.1) is 0 Å². The van der Waals surface area contributed by atoms with Crippen LogP contribution in [0.4, 0.5) is 4.39 Å². The van der Waals surface area contributed by atoms with E-state index >= 15 is 0 Å². The Labute approximate surface area is 129 Å². The zero-order valence-corrected chi connectivity index (χ0v) is 14.1. The average Bonchev–Trinajstić information content (AvgIpc) is 2.44. The summed E-state index contributed by atoms with van der Waals surface area (Å²) in [5.74, 6) is -0.189. The third kappa shape index (κ3) is 3.41. The van der Waals surface area contributed by atoms with E-state index in [2.05, 4.69) is 46.9 Å². The summed E-state index contributed by atoms with van der Waals surface area (Å²) >= 11 is 3.47. The number of nitrogens with zero attached hydrogens (tertiary/aromatic N) is 1. The fourth-order valence-corrected chi connectivity index (χ4v) is 3.37. The molecule has 0 aliphatic carbocycles. The summed E-state index contributed by atoms with van der Waals surface area (Å²) in [4.78, 5) is 2.50. The van der Waals surface area contributed by atoms with E-state index in [9.17, 15) is 4.39 Å². The molecule has 1 fully saturated rings. The lowest BCUT2D eigenvalue weighted by Gasteiger charge is -2.46. The topological polar surface area (TPSA) is 15.3 Å². The minimum Gasteiger partial charge on any atom is -0.308 e. The molecule has 1 aromatic rings. The Hall–Kier alpha value is -0.450. The van der Waals surface area contributed by atoms with Crippen molar-refractivity contribution in [2.75, 3.05) is 13.1 Å². The lowest BCUT2D eigenvalue weighted by molar-refractivity contribution is 0.0744. The molecule has 0 saturated carbocycles. The van der Waals surface area contributed by atoms with Crippen molar-refractivity contribution in [3.8, 4) is 0 Å². The van der Waals surface area contributed by atoms with Crippen LogP contribution in [0.25, 0.3) is 0 Å². The summed E-state index contributed by atoms with van der Waals surface area (Å²) in [7, 11) is 0. The first-order valence-corrected chi connectivity index (χ1v) is 8.22. The highest BCUT2D eigenvalue weighted by molar-refractivity contribution is 9.10. The van der Waals surface area contributed by atoms with Gasteiger partial charge in [-0.25, -0.2) is 4.39 Å². The predicted molar refractivity (Wildman–Crippen MR) is 85.3 cm³/mol. The van der Waals surface area contributed by atoms with Crippen LogP contribution in [0.2, 0.25) is 0 Å². The number of hydrogen-bond acceptors (Lipinski definition) is 2. The van der Waals surface area contributed by atoms with Crippen molar-refractivity contribution >= 4 is 15.9 Å². The van der Waals surface area contributed by atoms with E-state index in [1.165, 1.54) is 0 Å². The lowest BCUT2D eigenvalue weighted by Crippen LogP contribution is -2.62. The van der Waals surface area contributed by atoms with Crippen LogP contribution in [-0.4, -0.2) is 29.6 Å². The van der Waals surface area contributed by atoms with Crippen molar-refractivity contribution in [1.29, 1.82) is 0 Å². The number of halogens is 2. The Morgan fingerprint density at radius 1 is 1.40 bits per heavy atom. The van der Waals surface area contributed by atoms with Gasteiger partial charge in [0.1, 0.15) is 5.82 Å².